The molecule has 0 unspecified atom stereocenters. The summed E-state index contributed by atoms with van der Waals surface area (Å²) in [6, 6.07) is 11.3. The molecule has 0 saturated heterocycles. The van der Waals surface area contributed by atoms with Gasteiger partial charge in [-0.1, -0.05) is 6.07 Å². The monoisotopic (exact) mass is 309 g/mol. The molecule has 4 nitrogen and oxygen atoms in total. The van der Waals surface area contributed by atoms with Gasteiger partial charge >= 0.3 is 0 Å². The lowest BCUT2D eigenvalue weighted by Gasteiger charge is -2.41. The van der Waals surface area contributed by atoms with Crippen LogP contribution in [0.25, 0.3) is 0 Å². The zero-order chi connectivity index (χ0) is 15.4. The number of ether oxygens (including phenoxy) is 3. The van der Waals surface area contributed by atoms with E-state index in [-0.39, 0.29) is 0 Å². The van der Waals surface area contributed by atoms with E-state index in [0.717, 1.165) is 43.2 Å². The van der Waals surface area contributed by atoms with Gasteiger partial charge in [0.05, 0.1) is 7.11 Å². The molecule has 0 aromatic heterocycles. The van der Waals surface area contributed by atoms with Crippen molar-refractivity contribution in [3.8, 4) is 17.2 Å². The summed E-state index contributed by atoms with van der Waals surface area (Å²) < 4.78 is 16.5. The molecule has 0 radical (unpaired) electrons. The van der Waals surface area contributed by atoms with Crippen molar-refractivity contribution in [2.24, 2.45) is 0 Å². The predicted octanol–water partition coefficient (Wildman–Crippen LogP) is 3.08. The van der Waals surface area contributed by atoms with Crippen molar-refractivity contribution in [2.75, 3.05) is 20.4 Å². The Morgan fingerprint density at radius 2 is 1.91 bits per heavy atom. The molecule has 2 aromatic carbocycles. The fraction of sp³-hybridized carbons (Fsp3) is 0.368. The fourth-order valence-electron chi connectivity index (χ4n) is 4.07. The van der Waals surface area contributed by atoms with Gasteiger partial charge in [0.2, 0.25) is 6.79 Å². The largest absolute Gasteiger partial charge is 0.497 e. The normalized spacial score (nSPS) is 21.3. The Morgan fingerprint density at radius 1 is 1.04 bits per heavy atom. The van der Waals surface area contributed by atoms with Gasteiger partial charge in [0, 0.05) is 19.1 Å². The molecule has 3 aliphatic rings. The Bertz CT molecular complexity index is 786. The van der Waals surface area contributed by atoms with Crippen LogP contribution in [0.5, 0.6) is 17.2 Å². The lowest BCUT2D eigenvalue weighted by atomic mass is 9.84. The summed E-state index contributed by atoms with van der Waals surface area (Å²) in [5.41, 5.74) is 5.62. The summed E-state index contributed by atoms with van der Waals surface area (Å²) in [4.78, 5) is 2.58. The van der Waals surface area contributed by atoms with E-state index in [0.29, 0.717) is 12.8 Å². The molecule has 0 amide bonds. The van der Waals surface area contributed by atoms with E-state index in [9.17, 15) is 0 Å². The van der Waals surface area contributed by atoms with Crippen LogP contribution in [0.2, 0.25) is 0 Å². The molecule has 23 heavy (non-hydrogen) atoms. The third-order valence-corrected chi connectivity index (χ3v) is 5.30. The summed E-state index contributed by atoms with van der Waals surface area (Å²) >= 11 is 0. The Balaban J connectivity index is 1.57. The second-order valence-electron chi connectivity index (χ2n) is 6.48. The lowest BCUT2D eigenvalue weighted by Crippen LogP contribution is -2.39. The van der Waals surface area contributed by atoms with Crippen LogP contribution in [0.1, 0.15) is 28.3 Å². The van der Waals surface area contributed by atoms with Gasteiger partial charge in [0.1, 0.15) is 5.75 Å². The van der Waals surface area contributed by atoms with Crippen LogP contribution >= 0.6 is 0 Å². The Labute approximate surface area is 135 Å². The molecule has 0 saturated carbocycles. The summed E-state index contributed by atoms with van der Waals surface area (Å²) in [7, 11) is 1.73. The number of rotatable bonds is 1. The van der Waals surface area contributed by atoms with Crippen LogP contribution in [0, 0.1) is 0 Å². The Kier molecular flexibility index (Phi) is 2.82. The van der Waals surface area contributed by atoms with E-state index < -0.39 is 0 Å². The van der Waals surface area contributed by atoms with Gasteiger partial charge in [-0.3, -0.25) is 4.90 Å². The van der Waals surface area contributed by atoms with Crippen LogP contribution in [-0.4, -0.2) is 25.3 Å². The number of hydrogen-bond donors (Lipinski definition) is 0. The SMILES string of the molecule is COc1ccc2c(c1)C[C@H]1c3cc4c(cc3CCN1C2)OCO4. The van der Waals surface area contributed by atoms with Crippen molar-refractivity contribution < 1.29 is 14.2 Å². The molecule has 1 atom stereocenters. The fourth-order valence-corrected chi connectivity index (χ4v) is 4.07. The highest BCUT2D eigenvalue weighted by atomic mass is 16.7. The van der Waals surface area contributed by atoms with Crippen molar-refractivity contribution in [1.29, 1.82) is 0 Å². The molecule has 0 aliphatic carbocycles. The highest BCUT2D eigenvalue weighted by Crippen LogP contribution is 2.44. The number of methoxy groups -OCH3 is 1. The number of hydrogen-bond acceptors (Lipinski definition) is 4. The molecule has 3 heterocycles. The van der Waals surface area contributed by atoms with Crippen LogP contribution < -0.4 is 14.2 Å². The van der Waals surface area contributed by atoms with Gasteiger partial charge in [0.15, 0.2) is 11.5 Å². The second kappa shape index (κ2) is 4.90. The predicted molar refractivity (Wildman–Crippen MR) is 86.1 cm³/mol. The van der Waals surface area contributed by atoms with Crippen molar-refractivity contribution in [2.45, 2.75) is 25.4 Å². The third-order valence-electron chi connectivity index (χ3n) is 5.30. The van der Waals surface area contributed by atoms with Crippen molar-refractivity contribution in [1.82, 2.24) is 4.90 Å². The molecule has 2 aromatic rings. The first-order valence-electron chi connectivity index (χ1n) is 8.14. The van der Waals surface area contributed by atoms with Gasteiger partial charge in [0.25, 0.3) is 0 Å². The molecule has 0 N–H and O–H groups in total. The van der Waals surface area contributed by atoms with Crippen LogP contribution in [-0.2, 0) is 19.4 Å². The van der Waals surface area contributed by atoms with Gasteiger partial charge in [-0.15, -0.1) is 0 Å². The van der Waals surface area contributed by atoms with E-state index in [1.165, 1.54) is 22.3 Å². The molecule has 3 aliphatic heterocycles. The maximum Gasteiger partial charge on any atom is 0.231 e. The van der Waals surface area contributed by atoms with Gasteiger partial charge < -0.3 is 14.2 Å². The third kappa shape index (κ3) is 2.01. The topological polar surface area (TPSA) is 30.9 Å². The molecule has 118 valence electrons. The lowest BCUT2D eigenvalue weighted by molar-refractivity contribution is 0.160. The smallest absolute Gasteiger partial charge is 0.231 e. The van der Waals surface area contributed by atoms with Gasteiger partial charge in [-0.2, -0.15) is 0 Å². The van der Waals surface area contributed by atoms with Crippen molar-refractivity contribution >= 4 is 0 Å². The second-order valence-corrected chi connectivity index (χ2v) is 6.48. The van der Waals surface area contributed by atoms with Gasteiger partial charge in [-0.05, 0) is 59.4 Å². The maximum absolute atomic E-state index is 5.59. The van der Waals surface area contributed by atoms with E-state index in [1.807, 2.05) is 0 Å². The molecule has 4 heteroatoms. The molecule has 5 rings (SSSR count). The summed E-state index contributed by atoms with van der Waals surface area (Å²) in [6.45, 7) is 2.45. The molecule has 0 spiro atoms. The summed E-state index contributed by atoms with van der Waals surface area (Å²) in [6.07, 6.45) is 2.10. The van der Waals surface area contributed by atoms with E-state index in [1.54, 1.807) is 7.11 Å². The highest BCUT2D eigenvalue weighted by Gasteiger charge is 2.33. The minimum absolute atomic E-state index is 0.340. The maximum atomic E-state index is 5.59. The van der Waals surface area contributed by atoms with E-state index in [2.05, 4.69) is 35.2 Å². The first-order chi connectivity index (χ1) is 11.3. The molecular weight excluding hydrogens is 290 g/mol. The Hall–Kier alpha value is -2.20. The summed E-state index contributed by atoms with van der Waals surface area (Å²) in [5, 5.41) is 0. The van der Waals surface area contributed by atoms with Crippen molar-refractivity contribution in [3.63, 3.8) is 0 Å². The van der Waals surface area contributed by atoms with E-state index >= 15 is 0 Å². The zero-order valence-corrected chi connectivity index (χ0v) is 13.2. The van der Waals surface area contributed by atoms with Crippen LogP contribution in [0.4, 0.5) is 0 Å². The highest BCUT2D eigenvalue weighted by molar-refractivity contribution is 5.51. The molecule has 0 bridgehead atoms. The van der Waals surface area contributed by atoms with Crippen LogP contribution in [0.15, 0.2) is 30.3 Å². The first kappa shape index (κ1) is 13.3. The first-order valence-corrected chi connectivity index (χ1v) is 8.14. The van der Waals surface area contributed by atoms with Crippen LogP contribution in [0.3, 0.4) is 0 Å². The standard InChI is InChI=1S/C19H19NO3/c1-21-15-3-2-13-10-20-5-4-12-8-18-19(23-11-22-18)9-16(12)17(20)7-14(13)6-15/h2-3,6,8-9,17H,4-5,7,10-11H2,1H3/t17-/m0/s1. The average Bonchev–Trinajstić information content (AvgIpc) is 3.05. The number of fused-ring (bicyclic) bond motifs is 5. The minimum Gasteiger partial charge on any atom is -0.497 e. The number of nitrogens with zero attached hydrogens (tertiary/aromatic N) is 1. The zero-order valence-electron chi connectivity index (χ0n) is 13.2. The quantitative estimate of drug-likeness (QED) is 0.810. The molecular formula is C19H19NO3. The summed E-state index contributed by atoms with van der Waals surface area (Å²) in [5.74, 6) is 2.73. The minimum atomic E-state index is 0.340. The average molecular weight is 309 g/mol. The van der Waals surface area contributed by atoms with E-state index in [4.69, 9.17) is 14.2 Å². The van der Waals surface area contributed by atoms with Crippen molar-refractivity contribution in [3.05, 3.63) is 52.6 Å². The molecule has 0 fully saturated rings. The Morgan fingerprint density at radius 3 is 2.78 bits per heavy atom. The number of benzene rings is 2. The van der Waals surface area contributed by atoms with Gasteiger partial charge in [-0.25, -0.2) is 0 Å².